The third-order valence-electron chi connectivity index (χ3n) is 3.72. The zero-order valence-electron chi connectivity index (χ0n) is 13.5. The van der Waals surface area contributed by atoms with E-state index in [0.29, 0.717) is 12.3 Å². The molecule has 0 aliphatic carbocycles. The molecule has 1 aromatic carbocycles. The molecule has 1 amide bonds. The van der Waals surface area contributed by atoms with Crippen LogP contribution in [0, 0.1) is 13.8 Å². The van der Waals surface area contributed by atoms with Crippen LogP contribution in [0.25, 0.3) is 0 Å². The molecule has 1 heterocycles. The van der Waals surface area contributed by atoms with Gasteiger partial charge in [-0.25, -0.2) is 0 Å². The molecule has 1 aliphatic heterocycles. The highest BCUT2D eigenvalue weighted by atomic mass is 16.5. The maximum Gasteiger partial charge on any atom is 0.270 e. The van der Waals surface area contributed by atoms with Gasteiger partial charge in [0.1, 0.15) is 18.6 Å². The molecular formula is C16H23N3O4. The van der Waals surface area contributed by atoms with Gasteiger partial charge < -0.3 is 20.0 Å². The lowest BCUT2D eigenvalue weighted by Gasteiger charge is -2.26. The number of rotatable bonds is 6. The average Bonchev–Trinajstić information content (AvgIpc) is 2.53. The summed E-state index contributed by atoms with van der Waals surface area (Å²) in [6.07, 6.45) is 0.821. The number of anilines is 1. The summed E-state index contributed by atoms with van der Waals surface area (Å²) < 4.78 is 11.2. The molecule has 1 aliphatic rings. The Morgan fingerprint density at radius 3 is 2.83 bits per heavy atom. The molecule has 1 fully saturated rings. The molecule has 23 heavy (non-hydrogen) atoms. The average molecular weight is 321 g/mol. The summed E-state index contributed by atoms with van der Waals surface area (Å²) in [6, 6.07) is 3.75. The van der Waals surface area contributed by atoms with Gasteiger partial charge in [0.15, 0.2) is 0 Å². The van der Waals surface area contributed by atoms with Gasteiger partial charge in [0.2, 0.25) is 0 Å². The molecule has 1 aromatic rings. The highest BCUT2D eigenvalue weighted by molar-refractivity contribution is 6.31. The zero-order valence-corrected chi connectivity index (χ0v) is 13.5. The van der Waals surface area contributed by atoms with Crippen molar-refractivity contribution in [2.45, 2.75) is 13.8 Å². The molecule has 0 saturated carbocycles. The Hall–Kier alpha value is -2.12. The Morgan fingerprint density at radius 1 is 1.39 bits per heavy atom. The molecule has 7 nitrogen and oxygen atoms in total. The van der Waals surface area contributed by atoms with Gasteiger partial charge >= 0.3 is 0 Å². The molecule has 2 rings (SSSR count). The van der Waals surface area contributed by atoms with E-state index in [9.17, 15) is 4.79 Å². The van der Waals surface area contributed by atoms with Gasteiger partial charge in [0, 0.05) is 25.3 Å². The standard InChI is InChI=1S/C16H23N3O4/c1-12-10-15(23-8-5-19-3-6-22-7-4-19)13(2)9-14(12)18-16(20)11-17-21/h9-11,21H,3-8H2,1-2H3,(H,18,20)/b17-11+. The number of benzene rings is 1. The minimum absolute atomic E-state index is 0.476. The van der Waals surface area contributed by atoms with E-state index < -0.39 is 5.91 Å². The van der Waals surface area contributed by atoms with Crippen molar-refractivity contribution in [1.29, 1.82) is 0 Å². The van der Waals surface area contributed by atoms with E-state index in [2.05, 4.69) is 15.4 Å². The SMILES string of the molecule is Cc1cc(OCCN2CCOCC2)c(C)cc1NC(=O)/C=N/O. The quantitative estimate of drug-likeness (QED) is 0.470. The first kappa shape index (κ1) is 17.2. The van der Waals surface area contributed by atoms with Gasteiger partial charge in [-0.3, -0.25) is 9.69 Å². The maximum absolute atomic E-state index is 11.4. The Bertz CT molecular complexity index is 569. The monoisotopic (exact) mass is 321 g/mol. The van der Waals surface area contributed by atoms with E-state index in [1.807, 2.05) is 26.0 Å². The second-order valence-electron chi connectivity index (χ2n) is 5.47. The smallest absolute Gasteiger partial charge is 0.270 e. The molecule has 0 aromatic heterocycles. The third-order valence-corrected chi connectivity index (χ3v) is 3.72. The summed E-state index contributed by atoms with van der Waals surface area (Å²) in [5.41, 5.74) is 2.50. The topological polar surface area (TPSA) is 83.4 Å². The Balaban J connectivity index is 1.92. The first-order valence-corrected chi connectivity index (χ1v) is 7.62. The van der Waals surface area contributed by atoms with Crippen molar-refractivity contribution in [1.82, 2.24) is 4.90 Å². The van der Waals surface area contributed by atoms with Crippen molar-refractivity contribution >= 4 is 17.8 Å². The number of aryl methyl sites for hydroxylation is 2. The van der Waals surface area contributed by atoms with Crippen LogP contribution in [0.3, 0.4) is 0 Å². The molecule has 2 N–H and O–H groups in total. The second kappa shape index (κ2) is 8.50. The van der Waals surface area contributed by atoms with Crippen molar-refractivity contribution in [2.24, 2.45) is 5.16 Å². The van der Waals surface area contributed by atoms with Crippen LogP contribution < -0.4 is 10.1 Å². The van der Waals surface area contributed by atoms with Gasteiger partial charge in [-0.2, -0.15) is 0 Å². The van der Waals surface area contributed by atoms with Gasteiger partial charge in [0.25, 0.3) is 5.91 Å². The van der Waals surface area contributed by atoms with Gasteiger partial charge in [-0.1, -0.05) is 5.16 Å². The van der Waals surface area contributed by atoms with Crippen molar-refractivity contribution in [3.63, 3.8) is 0 Å². The summed E-state index contributed by atoms with van der Waals surface area (Å²) in [7, 11) is 0. The number of carbonyl (C=O) groups excluding carboxylic acids is 1. The number of carbonyl (C=O) groups is 1. The lowest BCUT2D eigenvalue weighted by molar-refractivity contribution is -0.110. The molecular weight excluding hydrogens is 298 g/mol. The second-order valence-corrected chi connectivity index (χ2v) is 5.47. The summed E-state index contributed by atoms with van der Waals surface area (Å²) in [6.45, 7) is 8.75. The minimum atomic E-state index is -0.476. The van der Waals surface area contributed by atoms with Crippen LogP contribution in [0.5, 0.6) is 5.75 Å². The zero-order chi connectivity index (χ0) is 16.7. The number of amides is 1. The molecule has 0 unspecified atom stereocenters. The van der Waals surface area contributed by atoms with E-state index in [1.54, 1.807) is 0 Å². The van der Waals surface area contributed by atoms with E-state index in [4.69, 9.17) is 14.7 Å². The number of morpholine rings is 1. The van der Waals surface area contributed by atoms with Crippen LogP contribution in [-0.2, 0) is 9.53 Å². The largest absolute Gasteiger partial charge is 0.492 e. The molecule has 126 valence electrons. The highest BCUT2D eigenvalue weighted by Crippen LogP contribution is 2.26. The van der Waals surface area contributed by atoms with E-state index in [1.165, 1.54) is 0 Å². The summed E-state index contributed by atoms with van der Waals surface area (Å²) in [4.78, 5) is 13.8. The van der Waals surface area contributed by atoms with Crippen LogP contribution in [0.1, 0.15) is 11.1 Å². The fourth-order valence-electron chi connectivity index (χ4n) is 2.41. The van der Waals surface area contributed by atoms with Crippen molar-refractivity contribution < 1.29 is 19.5 Å². The van der Waals surface area contributed by atoms with Crippen LogP contribution in [0.4, 0.5) is 5.69 Å². The highest BCUT2D eigenvalue weighted by Gasteiger charge is 2.11. The Morgan fingerprint density at radius 2 is 2.13 bits per heavy atom. The van der Waals surface area contributed by atoms with Crippen molar-refractivity contribution in [3.05, 3.63) is 23.3 Å². The Kier molecular flexibility index (Phi) is 6.37. The van der Waals surface area contributed by atoms with Crippen LogP contribution in [0.15, 0.2) is 17.3 Å². The Labute approximate surface area is 135 Å². The molecule has 0 atom stereocenters. The number of nitrogens with zero attached hydrogens (tertiary/aromatic N) is 2. The predicted octanol–water partition coefficient (Wildman–Crippen LogP) is 1.41. The van der Waals surface area contributed by atoms with Crippen molar-refractivity contribution in [3.8, 4) is 5.75 Å². The maximum atomic E-state index is 11.4. The van der Waals surface area contributed by atoms with Crippen LogP contribution in [0.2, 0.25) is 0 Å². The third kappa shape index (κ3) is 5.22. The molecule has 0 bridgehead atoms. The van der Waals surface area contributed by atoms with E-state index in [-0.39, 0.29) is 0 Å². The fourth-order valence-corrected chi connectivity index (χ4v) is 2.41. The number of nitrogens with one attached hydrogen (secondary N) is 1. The van der Waals surface area contributed by atoms with Crippen LogP contribution >= 0.6 is 0 Å². The molecule has 0 spiro atoms. The summed E-state index contributed by atoms with van der Waals surface area (Å²) in [5, 5.41) is 13.7. The first-order valence-electron chi connectivity index (χ1n) is 7.62. The van der Waals surface area contributed by atoms with Crippen LogP contribution in [-0.4, -0.2) is 61.7 Å². The van der Waals surface area contributed by atoms with E-state index >= 15 is 0 Å². The number of oxime groups is 1. The summed E-state index contributed by atoms with van der Waals surface area (Å²) in [5.74, 6) is 0.334. The van der Waals surface area contributed by atoms with E-state index in [0.717, 1.165) is 55.9 Å². The summed E-state index contributed by atoms with van der Waals surface area (Å²) >= 11 is 0. The number of hydrogen-bond acceptors (Lipinski definition) is 6. The molecule has 1 saturated heterocycles. The molecule has 0 radical (unpaired) electrons. The predicted molar refractivity (Wildman–Crippen MR) is 87.6 cm³/mol. The lowest BCUT2D eigenvalue weighted by atomic mass is 10.1. The minimum Gasteiger partial charge on any atom is -0.492 e. The fraction of sp³-hybridized carbons (Fsp3) is 0.500. The van der Waals surface area contributed by atoms with Gasteiger partial charge in [-0.05, 0) is 37.1 Å². The first-order chi connectivity index (χ1) is 11.1. The lowest BCUT2D eigenvalue weighted by Crippen LogP contribution is -2.38. The molecule has 7 heteroatoms. The number of hydrogen-bond donors (Lipinski definition) is 2. The van der Waals surface area contributed by atoms with Gasteiger partial charge in [0.05, 0.1) is 13.2 Å². The van der Waals surface area contributed by atoms with Crippen molar-refractivity contribution in [2.75, 3.05) is 44.8 Å². The normalized spacial score (nSPS) is 15.7. The number of ether oxygens (including phenoxy) is 2. The van der Waals surface area contributed by atoms with Gasteiger partial charge in [-0.15, -0.1) is 0 Å².